The van der Waals surface area contributed by atoms with E-state index < -0.39 is 0 Å². The van der Waals surface area contributed by atoms with E-state index in [1.165, 1.54) is 0 Å². The Morgan fingerprint density at radius 2 is 2.11 bits per heavy atom. The van der Waals surface area contributed by atoms with E-state index in [9.17, 15) is 0 Å². The number of nitrogens with one attached hydrogen (secondary N) is 1. The Morgan fingerprint density at radius 3 is 2.79 bits per heavy atom. The number of halogens is 2. The molecule has 1 aromatic heterocycles. The summed E-state index contributed by atoms with van der Waals surface area (Å²) < 4.78 is 1.99. The van der Waals surface area contributed by atoms with Gasteiger partial charge >= 0.3 is 0 Å². The summed E-state index contributed by atoms with van der Waals surface area (Å²) in [5, 5.41) is 9.04. The molecule has 5 heteroatoms. The van der Waals surface area contributed by atoms with Crippen LogP contribution < -0.4 is 5.32 Å². The molecule has 102 valence electrons. The van der Waals surface area contributed by atoms with Gasteiger partial charge in [-0.25, -0.2) is 0 Å². The molecular weight excluding hydrogens is 281 g/mol. The molecule has 0 saturated heterocycles. The van der Waals surface area contributed by atoms with Crippen molar-refractivity contribution in [1.82, 2.24) is 9.78 Å². The highest BCUT2D eigenvalue weighted by atomic mass is 35.5. The van der Waals surface area contributed by atoms with Gasteiger partial charge in [-0.1, -0.05) is 30.1 Å². The lowest BCUT2D eigenvalue weighted by molar-refractivity contribution is 0.474. The van der Waals surface area contributed by atoms with Gasteiger partial charge in [0.1, 0.15) is 0 Å². The Kier molecular flexibility index (Phi) is 4.72. The molecule has 1 atom stereocenters. The Bertz CT molecular complexity index is 551. The van der Waals surface area contributed by atoms with Crippen molar-refractivity contribution in [2.45, 2.75) is 32.9 Å². The first-order valence-corrected chi connectivity index (χ1v) is 7.08. The summed E-state index contributed by atoms with van der Waals surface area (Å²) in [5.74, 6) is 0. The summed E-state index contributed by atoms with van der Waals surface area (Å²) in [4.78, 5) is 0. The van der Waals surface area contributed by atoms with E-state index in [0.717, 1.165) is 17.8 Å². The SMILES string of the molecule is CCC(C)n1ccc(CNc2ccc(Cl)cc2Cl)n1. The van der Waals surface area contributed by atoms with Crippen LogP contribution >= 0.6 is 23.2 Å². The first-order chi connectivity index (χ1) is 9.10. The number of anilines is 1. The lowest BCUT2D eigenvalue weighted by Gasteiger charge is -2.09. The Labute approximate surface area is 123 Å². The maximum Gasteiger partial charge on any atom is 0.0815 e. The fraction of sp³-hybridized carbons (Fsp3) is 0.357. The Balaban J connectivity index is 2.00. The summed E-state index contributed by atoms with van der Waals surface area (Å²) in [6.07, 6.45) is 3.08. The molecule has 0 aliphatic rings. The zero-order valence-electron chi connectivity index (χ0n) is 11.0. The van der Waals surface area contributed by atoms with Crippen molar-refractivity contribution in [1.29, 1.82) is 0 Å². The summed E-state index contributed by atoms with van der Waals surface area (Å²) in [7, 11) is 0. The van der Waals surface area contributed by atoms with E-state index in [1.807, 2.05) is 29.1 Å². The van der Waals surface area contributed by atoms with E-state index in [-0.39, 0.29) is 0 Å². The predicted molar refractivity (Wildman–Crippen MR) is 81.0 cm³/mol. The number of nitrogens with zero attached hydrogens (tertiary/aromatic N) is 2. The largest absolute Gasteiger partial charge is 0.378 e. The van der Waals surface area contributed by atoms with E-state index in [2.05, 4.69) is 24.3 Å². The van der Waals surface area contributed by atoms with Crippen LogP contribution in [0.4, 0.5) is 5.69 Å². The molecular formula is C14H17Cl2N3. The minimum atomic E-state index is 0.424. The van der Waals surface area contributed by atoms with Gasteiger partial charge in [0, 0.05) is 17.3 Å². The highest BCUT2D eigenvalue weighted by Crippen LogP contribution is 2.25. The lowest BCUT2D eigenvalue weighted by atomic mass is 10.3. The second-order valence-electron chi connectivity index (χ2n) is 4.52. The van der Waals surface area contributed by atoms with Gasteiger partial charge in [0.15, 0.2) is 0 Å². The zero-order valence-corrected chi connectivity index (χ0v) is 12.5. The van der Waals surface area contributed by atoms with Crippen molar-refractivity contribution < 1.29 is 0 Å². The van der Waals surface area contributed by atoms with Crippen LogP contribution in [0.1, 0.15) is 32.0 Å². The van der Waals surface area contributed by atoms with E-state index in [4.69, 9.17) is 23.2 Å². The van der Waals surface area contributed by atoms with E-state index in [0.29, 0.717) is 22.6 Å². The predicted octanol–water partition coefficient (Wildman–Crippen LogP) is 4.77. The summed E-state index contributed by atoms with van der Waals surface area (Å²) in [6.45, 7) is 4.95. The number of hydrogen-bond acceptors (Lipinski definition) is 2. The minimum absolute atomic E-state index is 0.424. The molecule has 0 amide bonds. The van der Waals surface area contributed by atoms with Crippen LogP contribution in [0.15, 0.2) is 30.5 Å². The number of hydrogen-bond donors (Lipinski definition) is 1. The quantitative estimate of drug-likeness (QED) is 0.861. The van der Waals surface area contributed by atoms with Gasteiger partial charge in [-0.15, -0.1) is 0 Å². The lowest BCUT2D eigenvalue weighted by Crippen LogP contribution is -2.06. The molecule has 1 aromatic carbocycles. The summed E-state index contributed by atoms with van der Waals surface area (Å²) in [6, 6.07) is 7.85. The van der Waals surface area contributed by atoms with E-state index >= 15 is 0 Å². The third kappa shape index (κ3) is 3.64. The normalized spacial score (nSPS) is 12.4. The smallest absolute Gasteiger partial charge is 0.0815 e. The molecule has 19 heavy (non-hydrogen) atoms. The molecule has 2 aromatic rings. The van der Waals surface area contributed by atoms with Crippen LogP contribution in [-0.4, -0.2) is 9.78 Å². The van der Waals surface area contributed by atoms with Crippen LogP contribution in [0, 0.1) is 0 Å². The average molecular weight is 298 g/mol. The molecule has 1 unspecified atom stereocenters. The molecule has 3 nitrogen and oxygen atoms in total. The molecule has 0 saturated carbocycles. The van der Waals surface area contributed by atoms with Gasteiger partial charge in [0.25, 0.3) is 0 Å². The Hall–Kier alpha value is -1.19. The van der Waals surface area contributed by atoms with Gasteiger partial charge in [-0.05, 0) is 37.6 Å². The molecule has 0 bridgehead atoms. The molecule has 1 N–H and O–H groups in total. The van der Waals surface area contributed by atoms with Crippen LogP contribution in [0.3, 0.4) is 0 Å². The number of benzene rings is 1. The molecule has 0 spiro atoms. The van der Waals surface area contributed by atoms with Gasteiger partial charge < -0.3 is 5.32 Å². The van der Waals surface area contributed by atoms with Crippen LogP contribution in [-0.2, 0) is 6.54 Å². The topological polar surface area (TPSA) is 29.9 Å². The standard InChI is InChI=1S/C14H17Cl2N3/c1-3-10(2)19-7-6-12(18-19)9-17-14-5-4-11(15)8-13(14)16/h4-8,10,17H,3,9H2,1-2H3. The zero-order chi connectivity index (χ0) is 13.8. The highest BCUT2D eigenvalue weighted by molar-refractivity contribution is 6.36. The van der Waals surface area contributed by atoms with Crippen molar-refractivity contribution in [3.05, 3.63) is 46.2 Å². The second-order valence-corrected chi connectivity index (χ2v) is 5.37. The van der Waals surface area contributed by atoms with Crippen molar-refractivity contribution in [3.63, 3.8) is 0 Å². The van der Waals surface area contributed by atoms with Crippen LogP contribution in [0.25, 0.3) is 0 Å². The first kappa shape index (κ1) is 14.2. The molecule has 0 aliphatic heterocycles. The van der Waals surface area contributed by atoms with Crippen molar-refractivity contribution in [3.8, 4) is 0 Å². The molecule has 1 heterocycles. The fourth-order valence-corrected chi connectivity index (χ4v) is 2.20. The Morgan fingerprint density at radius 1 is 1.32 bits per heavy atom. The minimum Gasteiger partial charge on any atom is -0.378 e. The van der Waals surface area contributed by atoms with E-state index in [1.54, 1.807) is 6.07 Å². The van der Waals surface area contributed by atoms with Crippen molar-refractivity contribution in [2.75, 3.05) is 5.32 Å². The van der Waals surface area contributed by atoms with Gasteiger partial charge in [-0.3, -0.25) is 4.68 Å². The van der Waals surface area contributed by atoms with Gasteiger partial charge in [0.05, 0.1) is 22.9 Å². The number of aromatic nitrogens is 2. The summed E-state index contributed by atoms with van der Waals surface area (Å²) in [5.41, 5.74) is 1.86. The maximum absolute atomic E-state index is 6.10. The van der Waals surface area contributed by atoms with Crippen LogP contribution in [0.2, 0.25) is 10.0 Å². The van der Waals surface area contributed by atoms with Gasteiger partial charge in [-0.2, -0.15) is 5.10 Å². The van der Waals surface area contributed by atoms with Crippen molar-refractivity contribution in [2.24, 2.45) is 0 Å². The summed E-state index contributed by atoms with van der Waals surface area (Å²) >= 11 is 12.0. The van der Waals surface area contributed by atoms with Crippen molar-refractivity contribution >= 4 is 28.9 Å². The monoisotopic (exact) mass is 297 g/mol. The first-order valence-electron chi connectivity index (χ1n) is 6.33. The second kappa shape index (κ2) is 6.31. The third-order valence-corrected chi connectivity index (χ3v) is 3.64. The number of rotatable bonds is 5. The molecule has 2 rings (SSSR count). The van der Waals surface area contributed by atoms with Crippen LogP contribution in [0.5, 0.6) is 0 Å². The third-order valence-electron chi connectivity index (χ3n) is 3.10. The fourth-order valence-electron chi connectivity index (χ4n) is 1.72. The molecule has 0 fully saturated rings. The average Bonchev–Trinajstić information content (AvgIpc) is 2.85. The highest BCUT2D eigenvalue weighted by Gasteiger charge is 2.05. The van der Waals surface area contributed by atoms with Gasteiger partial charge in [0.2, 0.25) is 0 Å². The molecule has 0 radical (unpaired) electrons. The molecule has 0 aliphatic carbocycles. The maximum atomic E-state index is 6.10.